The summed E-state index contributed by atoms with van der Waals surface area (Å²) < 4.78 is 0. The van der Waals surface area contributed by atoms with E-state index in [1.165, 1.54) is 12.8 Å². The van der Waals surface area contributed by atoms with Crippen LogP contribution in [0.3, 0.4) is 0 Å². The first-order valence-corrected chi connectivity index (χ1v) is 7.94. The SMILES string of the molecule is CC(C)C(C)C(C)C(C)C(C)CCC(C)C(C)N. The third-order valence-corrected chi connectivity index (χ3v) is 5.58. The molecule has 0 saturated carbocycles. The summed E-state index contributed by atoms with van der Waals surface area (Å²) in [5.41, 5.74) is 5.95. The van der Waals surface area contributed by atoms with Gasteiger partial charge in [0.05, 0.1) is 0 Å². The molecule has 6 atom stereocenters. The van der Waals surface area contributed by atoms with Gasteiger partial charge in [-0.1, -0.05) is 54.9 Å². The first-order valence-electron chi connectivity index (χ1n) is 7.94. The number of rotatable bonds is 8. The van der Waals surface area contributed by atoms with E-state index in [-0.39, 0.29) is 0 Å². The highest BCUT2D eigenvalue weighted by atomic mass is 14.6. The summed E-state index contributed by atoms with van der Waals surface area (Å²) in [6.07, 6.45) is 2.59. The second-order valence-electron chi connectivity index (χ2n) is 7.21. The van der Waals surface area contributed by atoms with Gasteiger partial charge in [0.1, 0.15) is 0 Å². The fourth-order valence-corrected chi connectivity index (χ4v) is 2.66. The Bertz CT molecular complexity index is 210. The molecule has 0 aliphatic heterocycles. The molecular formula is C17H37N. The summed E-state index contributed by atoms with van der Waals surface area (Å²) in [5.74, 6) is 4.68. The van der Waals surface area contributed by atoms with Crippen LogP contribution in [0.2, 0.25) is 0 Å². The Hall–Kier alpha value is -0.0400. The van der Waals surface area contributed by atoms with Crippen molar-refractivity contribution in [2.45, 2.75) is 74.3 Å². The van der Waals surface area contributed by atoms with E-state index in [1.54, 1.807) is 0 Å². The van der Waals surface area contributed by atoms with Crippen molar-refractivity contribution in [1.29, 1.82) is 0 Å². The smallest absolute Gasteiger partial charge is 0.00361 e. The van der Waals surface area contributed by atoms with E-state index >= 15 is 0 Å². The molecule has 0 fully saturated rings. The van der Waals surface area contributed by atoms with Crippen LogP contribution in [0.25, 0.3) is 0 Å². The molecule has 0 aromatic carbocycles. The van der Waals surface area contributed by atoms with Crippen LogP contribution in [0.1, 0.15) is 68.2 Å². The normalized spacial score (nSPS) is 22.3. The Labute approximate surface area is 116 Å². The molecular weight excluding hydrogens is 218 g/mol. The van der Waals surface area contributed by atoms with Gasteiger partial charge in [0.15, 0.2) is 0 Å². The number of hydrogen-bond acceptors (Lipinski definition) is 1. The zero-order valence-corrected chi connectivity index (χ0v) is 14.0. The maximum Gasteiger partial charge on any atom is 0.00361 e. The molecule has 0 bridgehead atoms. The standard InChI is InChI=1S/C17H37N/c1-11(2)14(5)16(7)15(6)12(3)9-10-13(4)17(8)18/h11-17H,9-10,18H2,1-8H3. The van der Waals surface area contributed by atoms with E-state index in [9.17, 15) is 0 Å². The molecule has 0 aliphatic carbocycles. The van der Waals surface area contributed by atoms with Gasteiger partial charge in [-0.25, -0.2) is 0 Å². The first kappa shape index (κ1) is 18.0. The van der Waals surface area contributed by atoms with E-state index in [0.717, 1.165) is 29.6 Å². The third kappa shape index (κ3) is 5.73. The van der Waals surface area contributed by atoms with Crippen molar-refractivity contribution in [2.75, 3.05) is 0 Å². The van der Waals surface area contributed by atoms with Crippen LogP contribution in [0, 0.1) is 35.5 Å². The second kappa shape index (κ2) is 8.19. The average molecular weight is 255 g/mol. The molecule has 0 heterocycles. The molecule has 1 heteroatoms. The van der Waals surface area contributed by atoms with E-state index in [4.69, 9.17) is 5.73 Å². The first-order chi connectivity index (χ1) is 8.18. The van der Waals surface area contributed by atoms with Crippen LogP contribution in [-0.2, 0) is 0 Å². The summed E-state index contributed by atoms with van der Waals surface area (Å²) in [5, 5.41) is 0. The Kier molecular flexibility index (Phi) is 8.18. The van der Waals surface area contributed by atoms with Crippen molar-refractivity contribution < 1.29 is 0 Å². The molecule has 18 heavy (non-hydrogen) atoms. The van der Waals surface area contributed by atoms with Gasteiger partial charge in [0, 0.05) is 6.04 Å². The zero-order valence-electron chi connectivity index (χ0n) is 14.0. The highest BCUT2D eigenvalue weighted by Gasteiger charge is 2.25. The van der Waals surface area contributed by atoms with Crippen LogP contribution in [-0.4, -0.2) is 6.04 Å². The van der Waals surface area contributed by atoms with Gasteiger partial charge in [-0.2, -0.15) is 0 Å². The van der Waals surface area contributed by atoms with E-state index in [0.29, 0.717) is 12.0 Å². The van der Waals surface area contributed by atoms with Crippen molar-refractivity contribution in [2.24, 2.45) is 41.2 Å². The molecule has 2 N–H and O–H groups in total. The predicted octanol–water partition coefficient (Wildman–Crippen LogP) is 4.95. The highest BCUT2D eigenvalue weighted by molar-refractivity contribution is 4.75. The Balaban J connectivity index is 4.21. The fraction of sp³-hybridized carbons (Fsp3) is 1.00. The summed E-state index contributed by atoms with van der Waals surface area (Å²) >= 11 is 0. The quantitative estimate of drug-likeness (QED) is 0.652. The molecule has 0 aromatic heterocycles. The van der Waals surface area contributed by atoms with E-state index < -0.39 is 0 Å². The summed E-state index contributed by atoms with van der Waals surface area (Å²) in [6.45, 7) is 18.8. The molecule has 6 unspecified atom stereocenters. The van der Waals surface area contributed by atoms with Gasteiger partial charge < -0.3 is 5.73 Å². The lowest BCUT2D eigenvalue weighted by Crippen LogP contribution is -2.27. The Morgan fingerprint density at radius 2 is 1.06 bits per heavy atom. The maximum absolute atomic E-state index is 5.95. The van der Waals surface area contributed by atoms with Crippen LogP contribution in [0.4, 0.5) is 0 Å². The van der Waals surface area contributed by atoms with Crippen molar-refractivity contribution in [3.8, 4) is 0 Å². The average Bonchev–Trinajstić information content (AvgIpc) is 2.32. The monoisotopic (exact) mass is 255 g/mol. The van der Waals surface area contributed by atoms with E-state index in [2.05, 4.69) is 55.4 Å². The molecule has 0 rings (SSSR count). The van der Waals surface area contributed by atoms with Crippen molar-refractivity contribution in [3.63, 3.8) is 0 Å². The molecule has 110 valence electrons. The molecule has 0 saturated heterocycles. The summed E-state index contributed by atoms with van der Waals surface area (Å²) in [7, 11) is 0. The van der Waals surface area contributed by atoms with Gasteiger partial charge in [0.2, 0.25) is 0 Å². The van der Waals surface area contributed by atoms with E-state index in [1.807, 2.05) is 0 Å². The van der Waals surface area contributed by atoms with Crippen LogP contribution in [0.5, 0.6) is 0 Å². The molecule has 0 radical (unpaired) electrons. The largest absolute Gasteiger partial charge is 0.328 e. The summed E-state index contributed by atoms with van der Waals surface area (Å²) in [4.78, 5) is 0. The third-order valence-electron chi connectivity index (χ3n) is 5.58. The second-order valence-corrected chi connectivity index (χ2v) is 7.21. The minimum Gasteiger partial charge on any atom is -0.328 e. The lowest BCUT2D eigenvalue weighted by molar-refractivity contribution is 0.165. The Morgan fingerprint density at radius 1 is 0.611 bits per heavy atom. The van der Waals surface area contributed by atoms with Crippen LogP contribution in [0.15, 0.2) is 0 Å². The highest BCUT2D eigenvalue weighted by Crippen LogP contribution is 2.33. The summed E-state index contributed by atoms with van der Waals surface area (Å²) in [6, 6.07) is 0.333. The van der Waals surface area contributed by atoms with Gasteiger partial charge >= 0.3 is 0 Å². The molecule has 0 aliphatic rings. The maximum atomic E-state index is 5.95. The number of nitrogens with two attached hydrogens (primary N) is 1. The minimum atomic E-state index is 0.333. The molecule has 0 aromatic rings. The molecule has 0 amide bonds. The van der Waals surface area contributed by atoms with Crippen LogP contribution < -0.4 is 5.73 Å². The number of hydrogen-bond donors (Lipinski definition) is 1. The molecule has 1 nitrogen and oxygen atoms in total. The zero-order chi connectivity index (χ0) is 14.5. The predicted molar refractivity (Wildman–Crippen MR) is 83.5 cm³/mol. The van der Waals surface area contributed by atoms with Gasteiger partial charge in [0.25, 0.3) is 0 Å². The van der Waals surface area contributed by atoms with Crippen molar-refractivity contribution in [1.82, 2.24) is 0 Å². The van der Waals surface area contributed by atoms with Gasteiger partial charge in [-0.05, 0) is 48.9 Å². The van der Waals surface area contributed by atoms with Crippen molar-refractivity contribution in [3.05, 3.63) is 0 Å². The van der Waals surface area contributed by atoms with Gasteiger partial charge in [-0.15, -0.1) is 0 Å². The van der Waals surface area contributed by atoms with Gasteiger partial charge in [-0.3, -0.25) is 0 Å². The topological polar surface area (TPSA) is 26.0 Å². The van der Waals surface area contributed by atoms with Crippen LogP contribution >= 0.6 is 0 Å². The fourth-order valence-electron chi connectivity index (χ4n) is 2.66. The Morgan fingerprint density at radius 3 is 1.44 bits per heavy atom. The molecule has 0 spiro atoms. The lowest BCUT2D eigenvalue weighted by atomic mass is 9.73. The minimum absolute atomic E-state index is 0.333. The van der Waals surface area contributed by atoms with Crippen molar-refractivity contribution >= 4 is 0 Å². The lowest BCUT2D eigenvalue weighted by Gasteiger charge is -2.33.